The van der Waals surface area contributed by atoms with E-state index in [1.807, 2.05) is 0 Å². The second-order valence-electron chi connectivity index (χ2n) is 3.98. The molecule has 0 unspecified atom stereocenters. The molecule has 3 rings (SSSR count). The zero-order valence-corrected chi connectivity index (χ0v) is 9.01. The predicted octanol–water partition coefficient (Wildman–Crippen LogP) is 4.00. The molecule has 1 nitrogen and oxygen atoms in total. The van der Waals surface area contributed by atoms with E-state index in [0.29, 0.717) is 0 Å². The van der Waals surface area contributed by atoms with E-state index in [-0.39, 0.29) is 0 Å². The van der Waals surface area contributed by atoms with E-state index in [0.717, 1.165) is 6.42 Å². The van der Waals surface area contributed by atoms with Crippen molar-refractivity contribution in [2.75, 3.05) is 0 Å². The lowest BCUT2D eigenvalue weighted by molar-refractivity contribution is 1.17. The van der Waals surface area contributed by atoms with Gasteiger partial charge in [-0.3, -0.25) is 0 Å². The molecule has 16 heavy (non-hydrogen) atoms. The fourth-order valence-electron chi connectivity index (χ4n) is 2.02. The SMILES string of the molecule is C1=CC/C(=C\n2ccc3ccccc32)C=C1. The smallest absolute Gasteiger partial charge is 0.0522 e. The lowest BCUT2D eigenvalue weighted by Gasteiger charge is -2.04. The van der Waals surface area contributed by atoms with Gasteiger partial charge in [-0.25, -0.2) is 0 Å². The van der Waals surface area contributed by atoms with Crippen molar-refractivity contribution in [2.24, 2.45) is 0 Å². The standard InChI is InChI=1S/C15H13N/c1-2-6-13(7-3-1)12-16-11-10-14-8-4-5-9-15(14)16/h1-6,8-12H,7H2/b13-12-. The summed E-state index contributed by atoms with van der Waals surface area (Å²) in [6, 6.07) is 10.6. The number of allylic oxidation sites excluding steroid dienone is 5. The van der Waals surface area contributed by atoms with Crippen LogP contribution in [0.1, 0.15) is 6.42 Å². The lowest BCUT2D eigenvalue weighted by atomic mass is 10.1. The largest absolute Gasteiger partial charge is 0.323 e. The fourth-order valence-corrected chi connectivity index (χ4v) is 2.02. The minimum Gasteiger partial charge on any atom is -0.323 e. The molecule has 2 aromatic rings. The Morgan fingerprint density at radius 1 is 1.06 bits per heavy atom. The van der Waals surface area contributed by atoms with Gasteiger partial charge in [-0.05, 0) is 29.5 Å². The zero-order valence-electron chi connectivity index (χ0n) is 9.01. The number of hydrogen-bond acceptors (Lipinski definition) is 0. The monoisotopic (exact) mass is 207 g/mol. The maximum absolute atomic E-state index is 2.20. The number of nitrogens with zero attached hydrogens (tertiary/aromatic N) is 1. The van der Waals surface area contributed by atoms with Crippen molar-refractivity contribution in [3.05, 3.63) is 66.4 Å². The Kier molecular flexibility index (Phi) is 2.22. The van der Waals surface area contributed by atoms with Crippen LogP contribution in [0.2, 0.25) is 0 Å². The summed E-state index contributed by atoms with van der Waals surface area (Å²) in [6.07, 6.45) is 13.8. The second-order valence-corrected chi connectivity index (χ2v) is 3.98. The van der Waals surface area contributed by atoms with Crippen LogP contribution in [0, 0.1) is 0 Å². The number of aromatic nitrogens is 1. The van der Waals surface area contributed by atoms with Crippen molar-refractivity contribution in [3.8, 4) is 0 Å². The van der Waals surface area contributed by atoms with Gasteiger partial charge in [0.25, 0.3) is 0 Å². The highest BCUT2D eigenvalue weighted by molar-refractivity contribution is 5.82. The van der Waals surface area contributed by atoms with E-state index in [1.54, 1.807) is 0 Å². The summed E-state index contributed by atoms with van der Waals surface area (Å²) < 4.78 is 2.19. The van der Waals surface area contributed by atoms with Gasteiger partial charge < -0.3 is 4.57 Å². The number of benzene rings is 1. The minimum absolute atomic E-state index is 1.02. The van der Waals surface area contributed by atoms with Crippen LogP contribution in [-0.2, 0) is 0 Å². The van der Waals surface area contributed by atoms with Gasteiger partial charge in [-0.15, -0.1) is 0 Å². The van der Waals surface area contributed by atoms with E-state index >= 15 is 0 Å². The van der Waals surface area contributed by atoms with Gasteiger partial charge in [0.2, 0.25) is 0 Å². The first-order valence-corrected chi connectivity index (χ1v) is 5.53. The first-order chi connectivity index (χ1) is 7.93. The molecule has 1 aliphatic carbocycles. The zero-order chi connectivity index (χ0) is 10.8. The Bertz CT molecular complexity index is 597. The van der Waals surface area contributed by atoms with Crippen molar-refractivity contribution in [2.45, 2.75) is 6.42 Å². The third-order valence-corrected chi connectivity index (χ3v) is 2.85. The minimum atomic E-state index is 1.02. The Labute approximate surface area is 95.0 Å². The molecule has 1 aromatic heterocycles. The van der Waals surface area contributed by atoms with Gasteiger partial charge in [0, 0.05) is 12.4 Å². The highest BCUT2D eigenvalue weighted by atomic mass is 14.9. The predicted molar refractivity (Wildman–Crippen MR) is 69.1 cm³/mol. The number of fused-ring (bicyclic) bond motifs is 1. The molecule has 78 valence electrons. The van der Waals surface area contributed by atoms with Gasteiger partial charge in [-0.1, -0.05) is 42.5 Å². The molecule has 0 atom stereocenters. The van der Waals surface area contributed by atoms with Gasteiger partial charge in [0.05, 0.1) is 5.52 Å². The highest BCUT2D eigenvalue weighted by Crippen LogP contribution is 2.18. The first-order valence-electron chi connectivity index (χ1n) is 5.53. The van der Waals surface area contributed by atoms with Gasteiger partial charge in [0.1, 0.15) is 0 Å². The van der Waals surface area contributed by atoms with E-state index < -0.39 is 0 Å². The van der Waals surface area contributed by atoms with Crippen molar-refractivity contribution < 1.29 is 0 Å². The fraction of sp³-hybridized carbons (Fsp3) is 0.0667. The third kappa shape index (κ3) is 1.61. The molecule has 1 heteroatoms. The maximum Gasteiger partial charge on any atom is 0.0522 e. The molecule has 1 heterocycles. The second kappa shape index (κ2) is 3.86. The summed E-state index contributed by atoms with van der Waals surface area (Å²) in [5, 5.41) is 1.29. The molecule has 0 saturated heterocycles. The van der Waals surface area contributed by atoms with Gasteiger partial charge in [0.15, 0.2) is 0 Å². The van der Waals surface area contributed by atoms with Crippen LogP contribution < -0.4 is 0 Å². The highest BCUT2D eigenvalue weighted by Gasteiger charge is 1.99. The van der Waals surface area contributed by atoms with Gasteiger partial charge >= 0.3 is 0 Å². The summed E-state index contributed by atoms with van der Waals surface area (Å²) in [5.41, 5.74) is 2.60. The Balaban J connectivity index is 2.07. The van der Waals surface area contributed by atoms with Crippen molar-refractivity contribution in [1.29, 1.82) is 0 Å². The van der Waals surface area contributed by atoms with E-state index in [2.05, 4.69) is 71.6 Å². The molecule has 0 amide bonds. The maximum atomic E-state index is 2.20. The van der Waals surface area contributed by atoms with Crippen LogP contribution in [0.25, 0.3) is 17.1 Å². The van der Waals surface area contributed by atoms with E-state index in [1.165, 1.54) is 16.5 Å². The Hall–Kier alpha value is -2.02. The third-order valence-electron chi connectivity index (χ3n) is 2.85. The molecule has 0 N–H and O–H groups in total. The molecule has 0 spiro atoms. The molecule has 0 aliphatic heterocycles. The molecule has 0 fully saturated rings. The van der Waals surface area contributed by atoms with Crippen LogP contribution in [0.3, 0.4) is 0 Å². The lowest BCUT2D eigenvalue weighted by Crippen LogP contribution is -1.87. The summed E-state index contributed by atoms with van der Waals surface area (Å²) >= 11 is 0. The summed E-state index contributed by atoms with van der Waals surface area (Å²) in [5.74, 6) is 0. The number of para-hydroxylation sites is 1. The molecule has 0 bridgehead atoms. The van der Waals surface area contributed by atoms with Crippen molar-refractivity contribution >= 4 is 17.1 Å². The molecule has 1 aromatic carbocycles. The summed E-state index contributed by atoms with van der Waals surface area (Å²) in [6.45, 7) is 0. The van der Waals surface area contributed by atoms with Crippen LogP contribution >= 0.6 is 0 Å². The normalized spacial score (nSPS) is 17.4. The molecular formula is C15H13N. The quantitative estimate of drug-likeness (QED) is 0.666. The average molecular weight is 207 g/mol. The molecule has 1 aliphatic rings. The van der Waals surface area contributed by atoms with Crippen molar-refractivity contribution in [3.63, 3.8) is 0 Å². The van der Waals surface area contributed by atoms with Crippen LogP contribution in [0.15, 0.2) is 66.4 Å². The van der Waals surface area contributed by atoms with E-state index in [9.17, 15) is 0 Å². The van der Waals surface area contributed by atoms with Crippen LogP contribution in [0.4, 0.5) is 0 Å². The van der Waals surface area contributed by atoms with E-state index in [4.69, 9.17) is 0 Å². The molecular weight excluding hydrogens is 194 g/mol. The van der Waals surface area contributed by atoms with Crippen molar-refractivity contribution in [1.82, 2.24) is 4.57 Å². The molecule has 0 saturated carbocycles. The summed E-state index contributed by atoms with van der Waals surface area (Å²) in [7, 11) is 0. The van der Waals surface area contributed by atoms with Crippen LogP contribution in [0.5, 0.6) is 0 Å². The summed E-state index contributed by atoms with van der Waals surface area (Å²) in [4.78, 5) is 0. The number of hydrogen-bond donors (Lipinski definition) is 0. The Morgan fingerprint density at radius 3 is 2.88 bits per heavy atom. The first kappa shape index (κ1) is 9.22. The van der Waals surface area contributed by atoms with Gasteiger partial charge in [-0.2, -0.15) is 0 Å². The Morgan fingerprint density at radius 2 is 2.00 bits per heavy atom. The topological polar surface area (TPSA) is 4.93 Å². The average Bonchev–Trinajstić information content (AvgIpc) is 2.74. The number of rotatable bonds is 1. The van der Waals surface area contributed by atoms with Crippen LogP contribution in [-0.4, -0.2) is 4.57 Å². The molecule has 0 radical (unpaired) electrons.